The number of rotatable bonds is 3. The Balaban J connectivity index is 1.82. The molecule has 5 nitrogen and oxygen atoms in total. The van der Waals surface area contributed by atoms with Crippen molar-refractivity contribution in [3.8, 4) is 0 Å². The third-order valence-electron chi connectivity index (χ3n) is 4.33. The largest absolute Gasteiger partial charge is 0.348 e. The van der Waals surface area contributed by atoms with Crippen molar-refractivity contribution in [1.82, 2.24) is 10.3 Å². The van der Waals surface area contributed by atoms with Gasteiger partial charge in [-0.1, -0.05) is 37.6 Å². The van der Waals surface area contributed by atoms with E-state index >= 15 is 0 Å². The van der Waals surface area contributed by atoms with Gasteiger partial charge in [0.15, 0.2) is 5.78 Å². The number of Topliss-reactive ketones (excluding diaryl/α,β-unsaturated/α-hetero) is 1. The highest BCUT2D eigenvalue weighted by molar-refractivity contribution is 6.30. The Morgan fingerprint density at radius 1 is 1.20 bits per heavy atom. The van der Waals surface area contributed by atoms with Gasteiger partial charge in [-0.05, 0) is 35.6 Å². The van der Waals surface area contributed by atoms with Gasteiger partial charge in [0.1, 0.15) is 5.56 Å². The number of amides is 1. The number of H-pyrrole nitrogens is 1. The third kappa shape index (κ3) is 3.82. The van der Waals surface area contributed by atoms with E-state index < -0.39 is 11.5 Å². The van der Waals surface area contributed by atoms with Gasteiger partial charge in [0.25, 0.3) is 11.5 Å². The maximum Gasteiger partial charge on any atom is 0.261 e. The van der Waals surface area contributed by atoms with E-state index in [0.29, 0.717) is 29.1 Å². The number of fused-ring (bicyclic) bond motifs is 1. The van der Waals surface area contributed by atoms with Crippen molar-refractivity contribution < 1.29 is 9.59 Å². The van der Waals surface area contributed by atoms with Gasteiger partial charge < -0.3 is 10.3 Å². The highest BCUT2D eigenvalue weighted by Crippen LogP contribution is 2.33. The number of pyridine rings is 1. The van der Waals surface area contributed by atoms with Gasteiger partial charge in [-0.2, -0.15) is 0 Å². The highest BCUT2D eigenvalue weighted by atomic mass is 35.5. The lowest BCUT2D eigenvalue weighted by molar-refractivity contribution is 0.0910. The second kappa shape index (κ2) is 6.48. The molecule has 0 bridgehead atoms. The van der Waals surface area contributed by atoms with Crippen molar-refractivity contribution in [1.29, 1.82) is 0 Å². The lowest BCUT2D eigenvalue weighted by Gasteiger charge is -2.29. The van der Waals surface area contributed by atoms with Crippen LogP contribution in [-0.4, -0.2) is 16.7 Å². The van der Waals surface area contributed by atoms with Crippen LogP contribution in [0.15, 0.2) is 35.1 Å². The molecule has 6 heteroatoms. The van der Waals surface area contributed by atoms with E-state index in [-0.39, 0.29) is 23.3 Å². The van der Waals surface area contributed by atoms with Crippen molar-refractivity contribution >= 4 is 23.3 Å². The van der Waals surface area contributed by atoms with Gasteiger partial charge >= 0.3 is 0 Å². The molecule has 130 valence electrons. The van der Waals surface area contributed by atoms with Gasteiger partial charge in [-0.15, -0.1) is 0 Å². The Morgan fingerprint density at radius 3 is 2.56 bits per heavy atom. The Bertz CT molecular complexity index is 898. The lowest BCUT2D eigenvalue weighted by atomic mass is 9.75. The van der Waals surface area contributed by atoms with Gasteiger partial charge in [0, 0.05) is 29.2 Å². The zero-order valence-corrected chi connectivity index (χ0v) is 14.9. The molecule has 0 atom stereocenters. The number of hydrogen-bond acceptors (Lipinski definition) is 3. The predicted molar refractivity (Wildman–Crippen MR) is 96.1 cm³/mol. The standard InChI is InChI=1S/C19H19ClN2O3/c1-19(2)8-15-13(16(23)9-19)7-14(18(25)22-15)17(24)21-10-11-3-5-12(20)6-4-11/h3-7H,8-10H2,1-2H3,(H,21,24)(H,22,25). The lowest BCUT2D eigenvalue weighted by Crippen LogP contribution is -2.34. The second-order valence-corrected chi connectivity index (χ2v) is 7.59. The maximum atomic E-state index is 12.4. The summed E-state index contributed by atoms with van der Waals surface area (Å²) in [5, 5.41) is 3.31. The van der Waals surface area contributed by atoms with Crippen molar-refractivity contribution in [2.45, 2.75) is 33.2 Å². The van der Waals surface area contributed by atoms with Crippen LogP contribution in [-0.2, 0) is 13.0 Å². The van der Waals surface area contributed by atoms with E-state index in [0.717, 1.165) is 5.56 Å². The number of nitrogens with one attached hydrogen (secondary N) is 2. The molecule has 25 heavy (non-hydrogen) atoms. The monoisotopic (exact) mass is 358 g/mol. The first-order valence-corrected chi connectivity index (χ1v) is 8.45. The van der Waals surface area contributed by atoms with E-state index in [1.807, 2.05) is 13.8 Å². The molecular formula is C19H19ClN2O3. The summed E-state index contributed by atoms with van der Waals surface area (Å²) >= 11 is 5.83. The SMILES string of the molecule is CC1(C)CC(=O)c2cc(C(=O)NCc3ccc(Cl)cc3)c(=O)[nH]c2C1. The quantitative estimate of drug-likeness (QED) is 0.884. The van der Waals surface area contributed by atoms with Crippen LogP contribution < -0.4 is 10.9 Å². The van der Waals surface area contributed by atoms with E-state index in [2.05, 4.69) is 10.3 Å². The Labute approximate surface area is 150 Å². The summed E-state index contributed by atoms with van der Waals surface area (Å²) in [6.45, 7) is 4.24. The first kappa shape index (κ1) is 17.4. The smallest absolute Gasteiger partial charge is 0.261 e. The summed E-state index contributed by atoms with van der Waals surface area (Å²) in [6.07, 6.45) is 1.01. The number of benzene rings is 1. The molecule has 0 radical (unpaired) electrons. The fraction of sp³-hybridized carbons (Fsp3) is 0.316. The minimum absolute atomic E-state index is 0.0410. The summed E-state index contributed by atoms with van der Waals surface area (Å²) in [4.78, 5) is 39.7. The van der Waals surface area contributed by atoms with Crippen LogP contribution in [0.5, 0.6) is 0 Å². The third-order valence-corrected chi connectivity index (χ3v) is 4.58. The zero-order chi connectivity index (χ0) is 18.2. The van der Waals surface area contributed by atoms with Gasteiger partial charge in [0.2, 0.25) is 0 Å². The Hall–Kier alpha value is -2.40. The molecule has 0 saturated carbocycles. The van der Waals surface area contributed by atoms with Crippen LogP contribution in [0.2, 0.25) is 5.02 Å². The minimum Gasteiger partial charge on any atom is -0.348 e. The summed E-state index contributed by atoms with van der Waals surface area (Å²) in [5.74, 6) is -0.550. The van der Waals surface area contributed by atoms with Crippen LogP contribution in [0.4, 0.5) is 0 Å². The van der Waals surface area contributed by atoms with Gasteiger partial charge in [0.05, 0.1) is 0 Å². The minimum atomic E-state index is -0.503. The number of carbonyl (C=O) groups excluding carboxylic acids is 2. The second-order valence-electron chi connectivity index (χ2n) is 7.15. The molecule has 1 heterocycles. The summed E-state index contributed by atoms with van der Waals surface area (Å²) in [6, 6.07) is 8.48. The average molecular weight is 359 g/mol. The summed E-state index contributed by atoms with van der Waals surface area (Å²) < 4.78 is 0. The average Bonchev–Trinajstić information content (AvgIpc) is 2.52. The number of carbonyl (C=O) groups is 2. The number of halogens is 1. The van der Waals surface area contributed by atoms with Crippen LogP contribution in [0, 0.1) is 5.41 Å². The molecule has 1 aromatic heterocycles. The summed E-state index contributed by atoms with van der Waals surface area (Å²) in [5.41, 5.74) is 1.21. The van der Waals surface area contributed by atoms with E-state index in [9.17, 15) is 14.4 Å². The van der Waals surface area contributed by atoms with Crippen LogP contribution in [0.3, 0.4) is 0 Å². The first-order chi connectivity index (χ1) is 11.7. The number of aromatic nitrogens is 1. The molecule has 0 spiro atoms. The number of hydrogen-bond donors (Lipinski definition) is 2. The molecule has 0 fully saturated rings. The molecule has 3 rings (SSSR count). The predicted octanol–water partition coefficient (Wildman–Crippen LogP) is 3.11. The topological polar surface area (TPSA) is 79.0 Å². The molecule has 0 saturated heterocycles. The first-order valence-electron chi connectivity index (χ1n) is 8.07. The maximum absolute atomic E-state index is 12.4. The molecule has 1 aromatic carbocycles. The van der Waals surface area contributed by atoms with E-state index in [1.54, 1.807) is 24.3 Å². The Kier molecular flexibility index (Phi) is 4.52. The fourth-order valence-corrected chi connectivity index (χ4v) is 3.20. The highest BCUT2D eigenvalue weighted by Gasteiger charge is 2.32. The Morgan fingerprint density at radius 2 is 1.88 bits per heavy atom. The van der Waals surface area contributed by atoms with Crippen molar-refractivity contribution in [3.05, 3.63) is 68.1 Å². The van der Waals surface area contributed by atoms with Crippen molar-refractivity contribution in [3.63, 3.8) is 0 Å². The van der Waals surface area contributed by atoms with Gasteiger partial charge in [-0.25, -0.2) is 0 Å². The van der Waals surface area contributed by atoms with Gasteiger partial charge in [-0.3, -0.25) is 14.4 Å². The molecule has 0 unspecified atom stereocenters. The zero-order valence-electron chi connectivity index (χ0n) is 14.1. The van der Waals surface area contributed by atoms with Crippen LogP contribution in [0.25, 0.3) is 0 Å². The normalized spacial score (nSPS) is 15.6. The molecule has 0 aliphatic heterocycles. The van der Waals surface area contributed by atoms with E-state index in [4.69, 9.17) is 11.6 Å². The molecule has 1 aliphatic carbocycles. The number of aromatic amines is 1. The number of ketones is 1. The molecular weight excluding hydrogens is 340 g/mol. The van der Waals surface area contributed by atoms with Crippen LogP contribution in [0.1, 0.15) is 52.2 Å². The fourth-order valence-electron chi connectivity index (χ4n) is 3.08. The molecule has 2 N–H and O–H groups in total. The molecule has 2 aromatic rings. The summed E-state index contributed by atoms with van der Waals surface area (Å²) in [7, 11) is 0. The molecule has 1 amide bonds. The van der Waals surface area contributed by atoms with Crippen molar-refractivity contribution in [2.75, 3.05) is 0 Å². The van der Waals surface area contributed by atoms with Crippen LogP contribution >= 0.6 is 11.6 Å². The molecule has 1 aliphatic rings. The van der Waals surface area contributed by atoms with E-state index in [1.165, 1.54) is 6.07 Å². The van der Waals surface area contributed by atoms with Crippen molar-refractivity contribution in [2.24, 2.45) is 5.41 Å².